The van der Waals surface area contributed by atoms with E-state index in [-0.39, 0.29) is 12.2 Å². The number of aliphatic hydroxyl groups excluding tert-OH is 3. The highest BCUT2D eigenvalue weighted by Gasteiger charge is 2.62. The van der Waals surface area contributed by atoms with Crippen LogP contribution in [-0.4, -0.2) is 34.1 Å². The third-order valence-electron chi connectivity index (χ3n) is 10.2. The van der Waals surface area contributed by atoms with Gasteiger partial charge in [0.25, 0.3) is 0 Å². The molecule has 1 unspecified atom stereocenters. The molecule has 0 aromatic heterocycles. The number of hydrogen-bond donors (Lipinski definition) is 3. The van der Waals surface area contributed by atoms with Crippen LogP contribution in [0, 0.1) is 46.3 Å². The summed E-state index contributed by atoms with van der Waals surface area (Å²) in [6, 6.07) is 0. The zero-order chi connectivity index (χ0) is 19.4. The second kappa shape index (κ2) is 7.29. The van der Waals surface area contributed by atoms with Crippen LogP contribution in [0.1, 0.15) is 85.0 Å². The van der Waals surface area contributed by atoms with Gasteiger partial charge in [-0.25, -0.2) is 0 Å². The van der Waals surface area contributed by atoms with Crippen LogP contribution in [-0.2, 0) is 0 Å². The van der Waals surface area contributed by atoms with Gasteiger partial charge in [0, 0.05) is 6.61 Å². The lowest BCUT2D eigenvalue weighted by atomic mass is 9.43. The molecule has 0 aromatic carbocycles. The summed E-state index contributed by atoms with van der Waals surface area (Å²) in [4.78, 5) is 0. The minimum Gasteiger partial charge on any atom is -0.396 e. The lowest BCUT2D eigenvalue weighted by molar-refractivity contribution is -0.174. The van der Waals surface area contributed by atoms with Crippen LogP contribution in [0.25, 0.3) is 0 Å². The molecule has 4 aliphatic carbocycles. The van der Waals surface area contributed by atoms with Crippen molar-refractivity contribution in [1.82, 2.24) is 0 Å². The quantitative estimate of drug-likeness (QED) is 0.680. The molecule has 27 heavy (non-hydrogen) atoms. The third-order valence-corrected chi connectivity index (χ3v) is 10.2. The predicted octanol–water partition coefficient (Wildman–Crippen LogP) is 4.39. The monoisotopic (exact) mass is 378 g/mol. The molecule has 4 rings (SSSR count). The van der Waals surface area contributed by atoms with Gasteiger partial charge in [0.15, 0.2) is 0 Å². The van der Waals surface area contributed by atoms with E-state index in [9.17, 15) is 15.3 Å². The molecule has 4 fully saturated rings. The fourth-order valence-electron chi connectivity index (χ4n) is 8.79. The van der Waals surface area contributed by atoms with Crippen LogP contribution in [0.4, 0.5) is 0 Å². The van der Waals surface area contributed by atoms with E-state index in [1.54, 1.807) is 0 Å². The van der Waals surface area contributed by atoms with Gasteiger partial charge in [-0.1, -0.05) is 20.8 Å². The van der Waals surface area contributed by atoms with Crippen LogP contribution in [0.5, 0.6) is 0 Å². The van der Waals surface area contributed by atoms with Crippen LogP contribution in [0.15, 0.2) is 0 Å². The summed E-state index contributed by atoms with van der Waals surface area (Å²) in [5, 5.41) is 30.7. The first-order valence-electron chi connectivity index (χ1n) is 11.8. The van der Waals surface area contributed by atoms with Crippen molar-refractivity contribution in [3.8, 4) is 0 Å². The van der Waals surface area contributed by atoms with Crippen molar-refractivity contribution in [2.75, 3.05) is 6.61 Å². The molecule has 4 saturated carbocycles. The van der Waals surface area contributed by atoms with E-state index in [4.69, 9.17) is 0 Å². The third kappa shape index (κ3) is 3.11. The second-order valence-corrected chi connectivity index (χ2v) is 11.3. The van der Waals surface area contributed by atoms with Crippen molar-refractivity contribution >= 4 is 0 Å². The molecule has 10 atom stereocenters. The SMILES string of the molecule is C[C@H](CCCO)[C@H]1CC[C@H]2C3[C@H](O)C[C@@H]4C[C@H](O)CC[C@]4(C)[C@H]3CC[C@]12C. The molecule has 0 aromatic rings. The lowest BCUT2D eigenvalue weighted by Gasteiger charge is -2.62. The molecule has 0 bridgehead atoms. The summed E-state index contributed by atoms with van der Waals surface area (Å²) in [6.07, 6.45) is 10.8. The lowest BCUT2D eigenvalue weighted by Crippen LogP contribution is -2.58. The van der Waals surface area contributed by atoms with Crippen molar-refractivity contribution in [3.63, 3.8) is 0 Å². The Kier molecular flexibility index (Phi) is 5.44. The zero-order valence-electron chi connectivity index (χ0n) is 17.7. The minimum absolute atomic E-state index is 0.149. The molecular weight excluding hydrogens is 336 g/mol. The molecule has 3 N–H and O–H groups in total. The molecule has 0 saturated heterocycles. The summed E-state index contributed by atoms with van der Waals surface area (Å²) >= 11 is 0. The van der Waals surface area contributed by atoms with Crippen molar-refractivity contribution in [2.24, 2.45) is 46.3 Å². The topological polar surface area (TPSA) is 60.7 Å². The molecular formula is C24H42O3. The zero-order valence-corrected chi connectivity index (χ0v) is 17.7. The maximum atomic E-state index is 11.3. The minimum atomic E-state index is -0.172. The standard InChI is InChI=1S/C24H42O3/c1-15(5-4-12-25)18-6-7-19-22-20(9-11-24(18,19)3)23(2)10-8-17(26)13-16(23)14-21(22)27/h15-22,25-27H,4-14H2,1-3H3/t15-,16+,17-,18-,19+,20+,21-,22?,23+,24-/m1/s1. The molecule has 0 heterocycles. The maximum Gasteiger partial charge on any atom is 0.0577 e. The molecule has 4 aliphatic rings. The average molecular weight is 379 g/mol. The molecule has 0 spiro atoms. The van der Waals surface area contributed by atoms with Crippen molar-refractivity contribution in [1.29, 1.82) is 0 Å². The van der Waals surface area contributed by atoms with Crippen LogP contribution in [0.2, 0.25) is 0 Å². The van der Waals surface area contributed by atoms with Crippen LogP contribution in [0.3, 0.4) is 0 Å². The Hall–Kier alpha value is -0.120. The van der Waals surface area contributed by atoms with Gasteiger partial charge in [0.2, 0.25) is 0 Å². The van der Waals surface area contributed by atoms with Gasteiger partial charge >= 0.3 is 0 Å². The van der Waals surface area contributed by atoms with Gasteiger partial charge < -0.3 is 15.3 Å². The number of rotatable bonds is 4. The van der Waals surface area contributed by atoms with E-state index >= 15 is 0 Å². The summed E-state index contributed by atoms with van der Waals surface area (Å²) in [5.74, 6) is 3.71. The maximum absolute atomic E-state index is 11.3. The van der Waals surface area contributed by atoms with E-state index in [1.807, 2.05) is 0 Å². The summed E-state index contributed by atoms with van der Waals surface area (Å²) in [5.41, 5.74) is 0.694. The van der Waals surface area contributed by atoms with E-state index in [2.05, 4.69) is 20.8 Å². The normalized spacial score (nSPS) is 53.3. The summed E-state index contributed by atoms with van der Waals surface area (Å²) in [6.45, 7) is 7.74. The van der Waals surface area contributed by atoms with Gasteiger partial charge in [-0.15, -0.1) is 0 Å². The van der Waals surface area contributed by atoms with E-state index in [0.29, 0.717) is 47.0 Å². The van der Waals surface area contributed by atoms with Gasteiger partial charge in [0.05, 0.1) is 12.2 Å². The molecule has 0 radical (unpaired) electrons. The smallest absolute Gasteiger partial charge is 0.0577 e. The largest absolute Gasteiger partial charge is 0.396 e. The Morgan fingerprint density at radius 1 is 0.926 bits per heavy atom. The Labute approximate surface area is 165 Å². The Morgan fingerprint density at radius 2 is 1.63 bits per heavy atom. The van der Waals surface area contributed by atoms with E-state index < -0.39 is 0 Å². The average Bonchev–Trinajstić information content (AvgIpc) is 2.98. The number of aliphatic hydroxyl groups is 3. The Balaban J connectivity index is 1.57. The highest BCUT2D eigenvalue weighted by molar-refractivity contribution is 5.11. The molecule has 0 amide bonds. The summed E-state index contributed by atoms with van der Waals surface area (Å²) < 4.78 is 0. The first kappa shape index (κ1) is 20.2. The molecule has 156 valence electrons. The predicted molar refractivity (Wildman–Crippen MR) is 108 cm³/mol. The summed E-state index contributed by atoms with van der Waals surface area (Å²) in [7, 11) is 0. The highest BCUT2D eigenvalue weighted by Crippen LogP contribution is 2.68. The van der Waals surface area contributed by atoms with Crippen molar-refractivity contribution in [2.45, 2.75) is 97.2 Å². The fourth-order valence-corrected chi connectivity index (χ4v) is 8.79. The fraction of sp³-hybridized carbons (Fsp3) is 1.00. The molecule has 3 nitrogen and oxygen atoms in total. The van der Waals surface area contributed by atoms with E-state index in [1.165, 1.54) is 25.7 Å². The Bertz CT molecular complexity index is 536. The first-order chi connectivity index (χ1) is 12.8. The number of fused-ring (bicyclic) bond motifs is 5. The van der Waals surface area contributed by atoms with Gasteiger partial charge in [-0.05, 0) is 111 Å². The Morgan fingerprint density at radius 3 is 2.37 bits per heavy atom. The van der Waals surface area contributed by atoms with Crippen LogP contribution < -0.4 is 0 Å². The van der Waals surface area contributed by atoms with E-state index in [0.717, 1.165) is 44.4 Å². The van der Waals surface area contributed by atoms with Gasteiger partial charge in [0.1, 0.15) is 0 Å². The number of hydrogen-bond acceptors (Lipinski definition) is 3. The highest BCUT2D eigenvalue weighted by atomic mass is 16.3. The van der Waals surface area contributed by atoms with Crippen molar-refractivity contribution in [3.05, 3.63) is 0 Å². The molecule has 3 heteroatoms. The van der Waals surface area contributed by atoms with Gasteiger partial charge in [-0.3, -0.25) is 0 Å². The van der Waals surface area contributed by atoms with Gasteiger partial charge in [-0.2, -0.15) is 0 Å². The first-order valence-corrected chi connectivity index (χ1v) is 11.8. The van der Waals surface area contributed by atoms with Crippen molar-refractivity contribution < 1.29 is 15.3 Å². The molecule has 0 aliphatic heterocycles. The second-order valence-electron chi connectivity index (χ2n) is 11.3. The van der Waals surface area contributed by atoms with Crippen LogP contribution >= 0.6 is 0 Å².